The number of nitrogens with zero attached hydrogens (tertiary/aromatic N) is 3. The number of allylic oxidation sites excluding steroid dienone is 6. The molecule has 0 bridgehead atoms. The summed E-state index contributed by atoms with van der Waals surface area (Å²) >= 11 is 0. The fraction of sp³-hybridized carbons (Fsp3) is 0.174. The molecule has 2 aromatic heterocycles. The van der Waals surface area contributed by atoms with Crippen LogP contribution in [0, 0.1) is 23.5 Å². The molecule has 0 N–H and O–H groups in total. The molecule has 29 heavy (non-hydrogen) atoms. The van der Waals surface area contributed by atoms with Gasteiger partial charge in [0, 0.05) is 17.7 Å². The van der Waals surface area contributed by atoms with Crippen molar-refractivity contribution in [3.63, 3.8) is 0 Å². The first-order chi connectivity index (χ1) is 14.1. The van der Waals surface area contributed by atoms with Gasteiger partial charge in [-0.05, 0) is 47.7 Å². The van der Waals surface area contributed by atoms with E-state index in [2.05, 4.69) is 34.3 Å². The van der Waals surface area contributed by atoms with E-state index < -0.39 is 17.2 Å². The van der Waals surface area contributed by atoms with Crippen molar-refractivity contribution >= 4 is 16.6 Å². The average molecular weight is 389 g/mol. The second-order valence-electron chi connectivity index (χ2n) is 7.35. The predicted octanol–water partition coefficient (Wildman–Crippen LogP) is 4.26. The Morgan fingerprint density at radius 2 is 1.97 bits per heavy atom. The zero-order valence-corrected chi connectivity index (χ0v) is 15.4. The number of halogens is 2. The number of hydrogen-bond donors (Lipinski definition) is 0. The molecule has 0 amide bonds. The van der Waals surface area contributed by atoms with Gasteiger partial charge in [-0.1, -0.05) is 30.4 Å². The average Bonchev–Trinajstić information content (AvgIpc) is 3.20. The molecule has 2 aliphatic carbocycles. The van der Waals surface area contributed by atoms with E-state index in [0.29, 0.717) is 22.9 Å². The van der Waals surface area contributed by atoms with E-state index in [9.17, 15) is 13.6 Å². The molecule has 4 nitrogen and oxygen atoms in total. The Balaban J connectivity index is 1.49. The summed E-state index contributed by atoms with van der Waals surface area (Å²) in [5.74, 6) is -0.660. The van der Waals surface area contributed by atoms with Crippen LogP contribution < -0.4 is 5.56 Å². The highest BCUT2D eigenvalue weighted by atomic mass is 19.1. The Kier molecular flexibility index (Phi) is 4.19. The van der Waals surface area contributed by atoms with Crippen molar-refractivity contribution in [3.05, 3.63) is 100 Å². The fourth-order valence-electron chi connectivity index (χ4n) is 3.96. The third kappa shape index (κ3) is 3.10. The lowest BCUT2D eigenvalue weighted by atomic mass is 9.86. The van der Waals surface area contributed by atoms with Crippen LogP contribution in [0.5, 0.6) is 0 Å². The Hall–Kier alpha value is -3.41. The van der Waals surface area contributed by atoms with Gasteiger partial charge in [0.05, 0.1) is 18.4 Å². The van der Waals surface area contributed by atoms with Crippen LogP contribution in [-0.2, 0) is 6.54 Å². The van der Waals surface area contributed by atoms with Gasteiger partial charge in [-0.2, -0.15) is 0 Å². The first kappa shape index (κ1) is 17.7. The van der Waals surface area contributed by atoms with Gasteiger partial charge in [-0.3, -0.25) is 9.36 Å². The summed E-state index contributed by atoms with van der Waals surface area (Å²) in [5.41, 5.74) is 1.32. The van der Waals surface area contributed by atoms with E-state index in [1.54, 1.807) is 12.1 Å². The highest BCUT2D eigenvalue weighted by Crippen LogP contribution is 2.35. The lowest BCUT2D eigenvalue weighted by molar-refractivity contribution is 0.540. The van der Waals surface area contributed by atoms with E-state index in [4.69, 9.17) is 0 Å². The molecule has 2 aliphatic rings. The molecule has 0 fully saturated rings. The Morgan fingerprint density at radius 1 is 1.14 bits per heavy atom. The third-order valence-corrected chi connectivity index (χ3v) is 5.54. The second-order valence-corrected chi connectivity index (χ2v) is 7.35. The summed E-state index contributed by atoms with van der Waals surface area (Å²) < 4.78 is 30.8. The number of benzene rings is 1. The standard InChI is InChI=1S/C23H17F2N3O/c24-19-10-17(16-7-6-14-3-1-4-15(14)9-16)11-20(25)18(19)12-28-13-27-21-5-2-8-26-22(21)23(28)29/h1-3,5-11,13-15H,4,12H2. The molecule has 144 valence electrons. The van der Waals surface area contributed by atoms with E-state index >= 15 is 0 Å². The van der Waals surface area contributed by atoms with Crippen LogP contribution in [0.1, 0.15) is 17.5 Å². The molecule has 0 aliphatic heterocycles. The Labute approximate surface area is 165 Å². The normalized spacial score (nSPS) is 20.1. The van der Waals surface area contributed by atoms with Crippen molar-refractivity contribution in [2.45, 2.75) is 13.0 Å². The van der Waals surface area contributed by atoms with Gasteiger partial charge >= 0.3 is 0 Å². The molecule has 0 saturated carbocycles. The summed E-state index contributed by atoms with van der Waals surface area (Å²) in [6, 6.07) is 6.00. The first-order valence-electron chi connectivity index (χ1n) is 9.45. The number of fused-ring (bicyclic) bond motifs is 2. The lowest BCUT2D eigenvalue weighted by Gasteiger charge is -2.19. The van der Waals surface area contributed by atoms with E-state index in [1.165, 1.54) is 29.2 Å². The van der Waals surface area contributed by atoms with Crippen LogP contribution >= 0.6 is 0 Å². The molecule has 0 spiro atoms. The SMILES string of the molecule is O=c1c2ncccc2ncn1Cc1c(F)cc(C2=CC3CC=CC3C=C2)cc1F. The van der Waals surface area contributed by atoms with Crippen molar-refractivity contribution in [1.82, 2.24) is 14.5 Å². The van der Waals surface area contributed by atoms with Crippen LogP contribution in [0.15, 0.2) is 72.0 Å². The molecular weight excluding hydrogens is 372 g/mol. The monoisotopic (exact) mass is 389 g/mol. The molecule has 2 heterocycles. The topological polar surface area (TPSA) is 47.8 Å². The summed E-state index contributed by atoms with van der Waals surface area (Å²) in [5, 5.41) is 0. The molecule has 6 heteroatoms. The Morgan fingerprint density at radius 3 is 2.79 bits per heavy atom. The molecule has 2 atom stereocenters. The Bertz CT molecular complexity index is 1250. The van der Waals surface area contributed by atoms with Gasteiger partial charge in [0.1, 0.15) is 11.6 Å². The maximum Gasteiger partial charge on any atom is 0.280 e. The van der Waals surface area contributed by atoms with Crippen molar-refractivity contribution in [2.75, 3.05) is 0 Å². The van der Waals surface area contributed by atoms with Crippen LogP contribution in [0.3, 0.4) is 0 Å². The maximum atomic E-state index is 14.8. The lowest BCUT2D eigenvalue weighted by Crippen LogP contribution is -2.23. The molecule has 5 rings (SSSR count). The zero-order valence-electron chi connectivity index (χ0n) is 15.4. The largest absolute Gasteiger partial charge is 0.293 e. The smallest absolute Gasteiger partial charge is 0.280 e. The molecule has 0 saturated heterocycles. The van der Waals surface area contributed by atoms with Gasteiger partial charge < -0.3 is 0 Å². The molecule has 2 unspecified atom stereocenters. The highest BCUT2D eigenvalue weighted by molar-refractivity contribution is 5.76. The van der Waals surface area contributed by atoms with E-state index in [1.807, 2.05) is 6.08 Å². The number of aromatic nitrogens is 3. The fourth-order valence-corrected chi connectivity index (χ4v) is 3.96. The number of pyridine rings is 1. The molecule has 0 radical (unpaired) electrons. The maximum absolute atomic E-state index is 14.8. The molecule has 3 aromatic rings. The van der Waals surface area contributed by atoms with Gasteiger partial charge in [0.25, 0.3) is 5.56 Å². The van der Waals surface area contributed by atoms with Crippen molar-refractivity contribution in [2.24, 2.45) is 11.8 Å². The summed E-state index contributed by atoms with van der Waals surface area (Å²) in [4.78, 5) is 20.7. The summed E-state index contributed by atoms with van der Waals surface area (Å²) in [7, 11) is 0. The first-order valence-corrected chi connectivity index (χ1v) is 9.45. The molecule has 1 aromatic carbocycles. The minimum atomic E-state index is -0.686. The number of rotatable bonds is 3. The van der Waals surface area contributed by atoms with Crippen LogP contribution in [-0.4, -0.2) is 14.5 Å². The van der Waals surface area contributed by atoms with Crippen molar-refractivity contribution < 1.29 is 8.78 Å². The van der Waals surface area contributed by atoms with Crippen molar-refractivity contribution in [1.29, 1.82) is 0 Å². The van der Waals surface area contributed by atoms with Gasteiger partial charge in [-0.15, -0.1) is 0 Å². The summed E-state index contributed by atoms with van der Waals surface area (Å²) in [6.45, 7) is -0.250. The van der Waals surface area contributed by atoms with Crippen LogP contribution in [0.2, 0.25) is 0 Å². The second kappa shape index (κ2) is 6.88. The zero-order chi connectivity index (χ0) is 20.0. The third-order valence-electron chi connectivity index (χ3n) is 5.54. The van der Waals surface area contributed by atoms with E-state index in [-0.39, 0.29) is 17.6 Å². The summed E-state index contributed by atoms with van der Waals surface area (Å²) in [6.07, 6.45) is 14.1. The molecular formula is C23H17F2N3O. The van der Waals surface area contributed by atoms with Crippen LogP contribution in [0.25, 0.3) is 16.6 Å². The minimum absolute atomic E-state index is 0.171. The van der Waals surface area contributed by atoms with Crippen LogP contribution in [0.4, 0.5) is 8.78 Å². The highest BCUT2D eigenvalue weighted by Gasteiger charge is 2.23. The number of hydrogen-bond acceptors (Lipinski definition) is 3. The minimum Gasteiger partial charge on any atom is -0.293 e. The predicted molar refractivity (Wildman–Crippen MR) is 107 cm³/mol. The van der Waals surface area contributed by atoms with Gasteiger partial charge in [0.2, 0.25) is 0 Å². The van der Waals surface area contributed by atoms with Gasteiger partial charge in [-0.25, -0.2) is 18.7 Å². The quantitative estimate of drug-likeness (QED) is 0.629. The van der Waals surface area contributed by atoms with E-state index in [0.717, 1.165) is 12.0 Å². The van der Waals surface area contributed by atoms with Crippen molar-refractivity contribution in [3.8, 4) is 0 Å². The van der Waals surface area contributed by atoms with Gasteiger partial charge in [0.15, 0.2) is 5.52 Å².